The molecule has 0 bridgehead atoms. The van der Waals surface area contributed by atoms with E-state index in [1.54, 1.807) is 0 Å². The number of nitrogens with zero attached hydrogens (tertiary/aromatic N) is 1. The molecule has 9 nitrogen and oxygen atoms in total. The van der Waals surface area contributed by atoms with Gasteiger partial charge < -0.3 is 18.5 Å². The first kappa shape index (κ1) is 37.2. The van der Waals surface area contributed by atoms with Gasteiger partial charge in [-0.05, 0) is 52.6 Å². The minimum absolute atomic E-state index is 0.0420. The summed E-state index contributed by atoms with van der Waals surface area (Å²) in [4.78, 5) is 25.1. The maximum Gasteiger partial charge on any atom is 0.338 e. The van der Waals surface area contributed by atoms with Crippen LogP contribution in [-0.4, -0.2) is 76.4 Å². The molecular formula is C32H49NO8S. The van der Waals surface area contributed by atoms with Gasteiger partial charge in [0.05, 0.1) is 31.8 Å². The summed E-state index contributed by atoms with van der Waals surface area (Å²) in [5, 5.41) is 0. The lowest BCUT2D eigenvalue weighted by atomic mass is 9.87. The van der Waals surface area contributed by atoms with Gasteiger partial charge in [-0.1, -0.05) is 79.2 Å². The summed E-state index contributed by atoms with van der Waals surface area (Å²) in [7, 11) is -1.47. The summed E-state index contributed by atoms with van der Waals surface area (Å²) in [5.41, 5.74) is 3.58. The first-order chi connectivity index (χ1) is 19.3. The van der Waals surface area contributed by atoms with Crippen molar-refractivity contribution < 1.29 is 40.7 Å². The molecule has 2 aromatic carbocycles. The van der Waals surface area contributed by atoms with Crippen molar-refractivity contribution in [2.45, 2.75) is 72.1 Å². The van der Waals surface area contributed by atoms with Crippen LogP contribution in [0.15, 0.2) is 48.5 Å². The van der Waals surface area contributed by atoms with Crippen molar-refractivity contribution in [1.29, 1.82) is 0 Å². The van der Waals surface area contributed by atoms with Crippen LogP contribution in [0.4, 0.5) is 0 Å². The lowest BCUT2D eigenvalue weighted by Crippen LogP contribution is -2.49. The number of likely N-dealkylation sites (N-methyl/N-ethyl adjacent to an activating group) is 1. The highest BCUT2D eigenvalue weighted by Crippen LogP contribution is 2.23. The predicted molar refractivity (Wildman–Crippen MR) is 163 cm³/mol. The Morgan fingerprint density at radius 1 is 0.738 bits per heavy atom. The maximum atomic E-state index is 12.6. The molecule has 0 aliphatic carbocycles. The van der Waals surface area contributed by atoms with Crippen LogP contribution in [0.1, 0.15) is 93.2 Å². The lowest BCUT2D eigenvalue weighted by Gasteiger charge is -2.34. The Bertz CT molecular complexity index is 1150. The number of esters is 2. The van der Waals surface area contributed by atoms with Gasteiger partial charge in [-0.2, -0.15) is 0 Å². The summed E-state index contributed by atoms with van der Waals surface area (Å²) in [6.07, 6.45) is 2.13. The van der Waals surface area contributed by atoms with Crippen LogP contribution >= 0.6 is 0 Å². The Kier molecular flexibility index (Phi) is 14.3. The average Bonchev–Trinajstić information content (AvgIpc) is 2.91. The molecule has 42 heavy (non-hydrogen) atoms. The lowest BCUT2D eigenvalue weighted by molar-refractivity contribution is -0.910. The topological polar surface area (TPSA) is 119 Å². The van der Waals surface area contributed by atoms with Crippen LogP contribution < -0.4 is 0 Å². The van der Waals surface area contributed by atoms with Crippen molar-refractivity contribution in [2.24, 2.45) is 0 Å². The fourth-order valence-corrected chi connectivity index (χ4v) is 3.97. The Morgan fingerprint density at radius 2 is 1.07 bits per heavy atom. The van der Waals surface area contributed by atoms with Gasteiger partial charge in [-0.3, -0.25) is 4.18 Å². The molecule has 0 atom stereocenters. The van der Waals surface area contributed by atoms with E-state index in [2.05, 4.69) is 59.7 Å². The number of rotatable bonds is 12. The van der Waals surface area contributed by atoms with Crippen LogP contribution in [0, 0.1) is 0 Å². The minimum Gasteiger partial charge on any atom is -0.726 e. The summed E-state index contributed by atoms with van der Waals surface area (Å²) in [6.45, 7) is 18.0. The zero-order valence-corrected chi connectivity index (χ0v) is 27.5. The summed E-state index contributed by atoms with van der Waals surface area (Å²) >= 11 is 0. The molecule has 0 amide bonds. The smallest absolute Gasteiger partial charge is 0.338 e. The second kappa shape index (κ2) is 16.2. The Balaban J connectivity index is 0.00000132. The monoisotopic (exact) mass is 607 g/mol. The molecule has 0 aliphatic rings. The van der Waals surface area contributed by atoms with Gasteiger partial charge in [-0.15, -0.1) is 0 Å². The normalized spacial score (nSPS) is 12.2. The second-order valence-corrected chi connectivity index (χ2v) is 13.8. The molecule has 0 spiro atoms. The highest BCUT2D eigenvalue weighted by Gasteiger charge is 2.23. The Hall–Kier alpha value is -2.79. The Labute approximate surface area is 252 Å². The van der Waals surface area contributed by atoms with Crippen molar-refractivity contribution in [2.75, 3.05) is 47.0 Å². The highest BCUT2D eigenvalue weighted by molar-refractivity contribution is 7.80. The van der Waals surface area contributed by atoms with Gasteiger partial charge in [0, 0.05) is 0 Å². The van der Waals surface area contributed by atoms with Crippen LogP contribution in [0.25, 0.3) is 0 Å². The molecule has 2 aromatic rings. The fourth-order valence-electron chi connectivity index (χ4n) is 3.97. The molecule has 10 heteroatoms. The van der Waals surface area contributed by atoms with Gasteiger partial charge in [0.15, 0.2) is 0 Å². The summed E-state index contributed by atoms with van der Waals surface area (Å²) in [6, 6.07) is 15.3. The quantitative estimate of drug-likeness (QED) is 0.132. The summed E-state index contributed by atoms with van der Waals surface area (Å²) < 4.78 is 42.9. The zero-order valence-electron chi connectivity index (χ0n) is 26.7. The van der Waals surface area contributed by atoms with Crippen LogP contribution in [0.5, 0.6) is 0 Å². The van der Waals surface area contributed by atoms with E-state index >= 15 is 0 Å². The van der Waals surface area contributed by atoms with Crippen LogP contribution in [0.3, 0.4) is 0 Å². The third-order valence-electron chi connectivity index (χ3n) is 6.96. The molecule has 0 heterocycles. The first-order valence-corrected chi connectivity index (χ1v) is 15.5. The number of hydrogen-bond donors (Lipinski definition) is 0. The van der Waals surface area contributed by atoms with Crippen molar-refractivity contribution in [1.82, 2.24) is 0 Å². The van der Waals surface area contributed by atoms with Gasteiger partial charge in [0.2, 0.25) is 10.4 Å². The number of benzene rings is 2. The number of hydrogen-bond acceptors (Lipinski definition) is 8. The SMILES string of the molecule is CCCC[N+](C)(CCOC(=O)c1ccc(C(C)(C)C)cc1)CCOC(=O)c1ccc(C(C)(C)C)cc1.COS(=O)(=O)[O-]. The van der Waals surface area contributed by atoms with E-state index in [-0.39, 0.29) is 22.8 Å². The Morgan fingerprint density at radius 3 is 1.33 bits per heavy atom. The first-order valence-electron chi connectivity index (χ1n) is 14.2. The van der Waals surface area contributed by atoms with E-state index in [9.17, 15) is 22.6 Å². The molecule has 0 fully saturated rings. The molecule has 0 aliphatic heterocycles. The fraction of sp³-hybridized carbons (Fsp3) is 0.562. The maximum absolute atomic E-state index is 12.6. The van der Waals surface area contributed by atoms with E-state index in [1.807, 2.05) is 48.5 Å². The molecule has 236 valence electrons. The zero-order chi connectivity index (χ0) is 32.2. The van der Waals surface area contributed by atoms with E-state index in [0.717, 1.165) is 26.5 Å². The third kappa shape index (κ3) is 13.9. The highest BCUT2D eigenvalue weighted by atomic mass is 32.3. The molecule has 0 unspecified atom stereocenters. The van der Waals surface area contributed by atoms with Crippen LogP contribution in [-0.2, 0) is 34.9 Å². The molecule has 0 radical (unpaired) electrons. The minimum atomic E-state index is -4.41. The third-order valence-corrected chi connectivity index (χ3v) is 7.37. The molecule has 0 saturated heterocycles. The van der Waals surface area contributed by atoms with Crippen molar-refractivity contribution in [3.8, 4) is 0 Å². The molecule has 0 aromatic heterocycles. The largest absolute Gasteiger partial charge is 0.726 e. The number of quaternary nitrogens is 1. The summed E-state index contributed by atoms with van der Waals surface area (Å²) in [5.74, 6) is -0.606. The predicted octanol–water partition coefficient (Wildman–Crippen LogP) is 5.64. The van der Waals surface area contributed by atoms with Crippen molar-refractivity contribution >= 4 is 22.3 Å². The number of carbonyl (C=O) groups is 2. The van der Waals surface area contributed by atoms with E-state index < -0.39 is 10.4 Å². The van der Waals surface area contributed by atoms with E-state index in [0.29, 0.717) is 41.9 Å². The number of unbranched alkanes of at least 4 members (excludes halogenated alkanes) is 1. The van der Waals surface area contributed by atoms with Gasteiger partial charge in [0.25, 0.3) is 0 Å². The van der Waals surface area contributed by atoms with Gasteiger partial charge in [-0.25, -0.2) is 18.0 Å². The van der Waals surface area contributed by atoms with E-state index in [4.69, 9.17) is 9.47 Å². The van der Waals surface area contributed by atoms with Gasteiger partial charge >= 0.3 is 11.9 Å². The van der Waals surface area contributed by atoms with Crippen LogP contribution in [0.2, 0.25) is 0 Å². The molecule has 2 rings (SSSR count). The molecule has 0 saturated carbocycles. The van der Waals surface area contributed by atoms with E-state index in [1.165, 1.54) is 11.1 Å². The standard InChI is InChI=1S/C31H46NO4.CH4O4S/c1-9-10-19-32(8,20-22-35-28(33)24-11-15-26(16-12-24)30(2,3)4)21-23-36-29(34)25-13-17-27(18-14-25)31(5,6)7;1-5-6(2,3)4/h11-18H,9-10,19-23H2,1-8H3;1H3,(H,2,3,4)/q+1;/p-1. The van der Waals surface area contributed by atoms with Crippen molar-refractivity contribution in [3.63, 3.8) is 0 Å². The number of carbonyl (C=O) groups excluding carboxylic acids is 2. The molecule has 0 N–H and O–H groups in total. The average molecular weight is 608 g/mol. The van der Waals surface area contributed by atoms with Gasteiger partial charge in [0.1, 0.15) is 26.3 Å². The molecular weight excluding hydrogens is 558 g/mol. The van der Waals surface area contributed by atoms with Crippen molar-refractivity contribution in [3.05, 3.63) is 70.8 Å². The number of ether oxygens (including phenoxy) is 2. The second-order valence-electron chi connectivity index (χ2n) is 12.6.